The normalized spacial score (nSPS) is 20.8. The van der Waals surface area contributed by atoms with Gasteiger partial charge in [-0.25, -0.2) is 14.2 Å². The fraction of sp³-hybridized carbons (Fsp3) is 0.348. The lowest BCUT2D eigenvalue weighted by Crippen LogP contribution is -2.26. The van der Waals surface area contributed by atoms with E-state index in [0.717, 1.165) is 24.5 Å². The molecular formula is C23H24FN5O3. The maximum atomic E-state index is 15.2. The molecule has 5 N–H and O–H groups in total. The zero-order valence-electron chi connectivity index (χ0n) is 17.4. The Labute approximate surface area is 183 Å². The summed E-state index contributed by atoms with van der Waals surface area (Å²) in [6, 6.07) is 8.81. The number of hydrogen-bond donors (Lipinski definition) is 3. The molecule has 2 aromatic heterocycles. The average Bonchev–Trinajstić information content (AvgIpc) is 3.52. The molecule has 1 saturated heterocycles. The SMILES string of the molecule is NC[C@@H]1CN(c2nc3c(cc2F)c(=O)c(C(=O)O)cn3C2CC2)C[C@H]1c1ccc(N)cc1. The van der Waals surface area contributed by atoms with E-state index in [9.17, 15) is 14.7 Å². The molecule has 1 aliphatic carbocycles. The third kappa shape index (κ3) is 3.38. The molecule has 0 radical (unpaired) electrons. The van der Waals surface area contributed by atoms with Crippen molar-refractivity contribution in [1.29, 1.82) is 0 Å². The number of anilines is 2. The monoisotopic (exact) mass is 437 g/mol. The molecule has 8 nitrogen and oxygen atoms in total. The molecule has 1 aliphatic heterocycles. The number of rotatable bonds is 5. The van der Waals surface area contributed by atoms with Gasteiger partial charge < -0.3 is 26.0 Å². The minimum atomic E-state index is -1.33. The third-order valence-corrected chi connectivity index (χ3v) is 6.52. The quantitative estimate of drug-likeness (QED) is 0.523. The topological polar surface area (TPSA) is 127 Å². The molecular weight excluding hydrogens is 413 g/mol. The van der Waals surface area contributed by atoms with E-state index in [2.05, 4.69) is 4.98 Å². The van der Waals surface area contributed by atoms with Gasteiger partial charge in [0.05, 0.1) is 5.39 Å². The summed E-state index contributed by atoms with van der Waals surface area (Å²) < 4.78 is 16.9. The number of aromatic nitrogens is 2. The number of nitrogens with zero attached hydrogens (tertiary/aromatic N) is 3. The maximum Gasteiger partial charge on any atom is 0.341 e. The number of fused-ring (bicyclic) bond motifs is 1. The molecule has 3 aromatic rings. The highest BCUT2D eigenvalue weighted by molar-refractivity contribution is 5.92. The molecule has 0 amide bonds. The standard InChI is InChI=1S/C23H24FN5O3/c24-19-7-16-20(30)18(23(31)32)11-29(15-5-6-15)21(16)27-22(19)28-9-13(8-25)17(10-28)12-1-3-14(26)4-2-12/h1-4,7,11,13,15,17H,5-6,8-10,25-26H2,(H,31,32)/t13-,17+/m1/s1. The van der Waals surface area contributed by atoms with E-state index in [1.807, 2.05) is 29.2 Å². The number of aromatic carboxylic acids is 1. The van der Waals surface area contributed by atoms with E-state index < -0.39 is 17.2 Å². The van der Waals surface area contributed by atoms with Crippen LogP contribution in [0.4, 0.5) is 15.9 Å². The summed E-state index contributed by atoms with van der Waals surface area (Å²) in [7, 11) is 0. The van der Waals surface area contributed by atoms with Crippen molar-refractivity contribution in [3.63, 3.8) is 0 Å². The first-order chi connectivity index (χ1) is 15.4. The van der Waals surface area contributed by atoms with Gasteiger partial charge in [-0.1, -0.05) is 12.1 Å². The number of carbonyl (C=O) groups is 1. The van der Waals surface area contributed by atoms with E-state index in [-0.39, 0.29) is 34.6 Å². The number of hydrogen-bond acceptors (Lipinski definition) is 6. The largest absolute Gasteiger partial charge is 0.477 e. The summed E-state index contributed by atoms with van der Waals surface area (Å²) in [6.45, 7) is 1.50. The Bertz CT molecular complexity index is 1270. The Morgan fingerprint density at radius 3 is 2.56 bits per heavy atom. The molecule has 1 aromatic carbocycles. The molecule has 1 saturated carbocycles. The summed E-state index contributed by atoms with van der Waals surface area (Å²) in [5, 5.41) is 9.39. The second kappa shape index (κ2) is 7.59. The van der Waals surface area contributed by atoms with Gasteiger partial charge in [0.15, 0.2) is 11.6 Å². The first-order valence-corrected chi connectivity index (χ1v) is 10.7. The second-order valence-electron chi connectivity index (χ2n) is 8.65. The minimum absolute atomic E-state index is 0.0114. The summed E-state index contributed by atoms with van der Waals surface area (Å²) in [5.41, 5.74) is 12.8. The van der Waals surface area contributed by atoms with Crippen LogP contribution >= 0.6 is 0 Å². The van der Waals surface area contributed by atoms with Crippen molar-refractivity contribution in [2.45, 2.75) is 24.8 Å². The lowest BCUT2D eigenvalue weighted by molar-refractivity contribution is 0.0695. The molecule has 166 valence electrons. The van der Waals surface area contributed by atoms with Gasteiger partial charge in [-0.05, 0) is 49.1 Å². The molecule has 2 atom stereocenters. The number of nitrogen functional groups attached to an aromatic ring is 1. The van der Waals surface area contributed by atoms with Crippen molar-refractivity contribution < 1.29 is 14.3 Å². The fourth-order valence-electron chi connectivity index (χ4n) is 4.65. The van der Waals surface area contributed by atoms with Crippen LogP contribution in [-0.4, -0.2) is 40.3 Å². The summed E-state index contributed by atoms with van der Waals surface area (Å²) in [6.07, 6.45) is 3.07. The Kier molecular flexibility index (Phi) is 4.85. The predicted octanol–water partition coefficient (Wildman–Crippen LogP) is 2.33. The molecule has 0 spiro atoms. The van der Waals surface area contributed by atoms with Crippen LogP contribution in [0, 0.1) is 11.7 Å². The van der Waals surface area contributed by atoms with Crippen molar-refractivity contribution in [1.82, 2.24) is 9.55 Å². The van der Waals surface area contributed by atoms with Crippen LogP contribution in [0.1, 0.15) is 40.7 Å². The van der Waals surface area contributed by atoms with Gasteiger partial charge in [0.25, 0.3) is 0 Å². The number of carboxylic acid groups (broad SMARTS) is 1. The Hall–Kier alpha value is -3.46. The number of carboxylic acids is 1. The van der Waals surface area contributed by atoms with E-state index in [1.165, 1.54) is 6.20 Å². The molecule has 9 heteroatoms. The smallest absolute Gasteiger partial charge is 0.341 e. The van der Waals surface area contributed by atoms with Gasteiger partial charge in [-0.15, -0.1) is 0 Å². The van der Waals surface area contributed by atoms with E-state index in [1.54, 1.807) is 4.57 Å². The van der Waals surface area contributed by atoms with Crippen molar-refractivity contribution in [2.24, 2.45) is 11.7 Å². The van der Waals surface area contributed by atoms with Gasteiger partial charge in [-0.2, -0.15) is 0 Å². The third-order valence-electron chi connectivity index (χ3n) is 6.52. The number of halogens is 1. The Balaban J connectivity index is 1.58. The van der Waals surface area contributed by atoms with Gasteiger partial charge in [0, 0.05) is 36.9 Å². The lowest BCUT2D eigenvalue weighted by Gasteiger charge is -2.20. The summed E-state index contributed by atoms with van der Waals surface area (Å²) in [5.74, 6) is -1.61. The Morgan fingerprint density at radius 2 is 1.94 bits per heavy atom. The van der Waals surface area contributed by atoms with Crippen LogP contribution in [0.5, 0.6) is 0 Å². The van der Waals surface area contributed by atoms with E-state index in [0.29, 0.717) is 31.0 Å². The molecule has 0 unspecified atom stereocenters. The highest BCUT2D eigenvalue weighted by Gasteiger charge is 2.35. The van der Waals surface area contributed by atoms with Gasteiger partial charge in [0.2, 0.25) is 5.43 Å². The number of nitrogens with two attached hydrogens (primary N) is 2. The van der Waals surface area contributed by atoms with Crippen LogP contribution in [0.25, 0.3) is 11.0 Å². The van der Waals surface area contributed by atoms with Gasteiger partial charge >= 0.3 is 5.97 Å². The van der Waals surface area contributed by atoms with Crippen LogP contribution in [0.3, 0.4) is 0 Å². The molecule has 32 heavy (non-hydrogen) atoms. The van der Waals surface area contributed by atoms with Crippen molar-refractivity contribution in [3.8, 4) is 0 Å². The highest BCUT2D eigenvalue weighted by atomic mass is 19.1. The van der Waals surface area contributed by atoms with E-state index >= 15 is 4.39 Å². The van der Waals surface area contributed by atoms with Crippen molar-refractivity contribution in [2.75, 3.05) is 30.3 Å². The first kappa shape index (κ1) is 20.4. The fourth-order valence-corrected chi connectivity index (χ4v) is 4.65. The first-order valence-electron chi connectivity index (χ1n) is 10.7. The van der Waals surface area contributed by atoms with E-state index in [4.69, 9.17) is 11.5 Å². The zero-order valence-corrected chi connectivity index (χ0v) is 17.4. The maximum absolute atomic E-state index is 15.2. The van der Waals surface area contributed by atoms with Crippen LogP contribution in [0.15, 0.2) is 41.3 Å². The van der Waals surface area contributed by atoms with Crippen molar-refractivity contribution >= 4 is 28.5 Å². The summed E-state index contributed by atoms with van der Waals surface area (Å²) >= 11 is 0. The van der Waals surface area contributed by atoms with Gasteiger partial charge in [-0.3, -0.25) is 4.79 Å². The second-order valence-corrected chi connectivity index (χ2v) is 8.65. The molecule has 5 rings (SSSR count). The average molecular weight is 437 g/mol. The zero-order chi connectivity index (χ0) is 22.6. The van der Waals surface area contributed by atoms with Crippen molar-refractivity contribution in [3.05, 3.63) is 63.7 Å². The molecule has 3 heterocycles. The predicted molar refractivity (Wildman–Crippen MR) is 120 cm³/mol. The van der Waals surface area contributed by atoms with Crippen LogP contribution < -0.4 is 21.8 Å². The molecule has 2 fully saturated rings. The molecule has 0 bridgehead atoms. The number of benzene rings is 1. The summed E-state index contributed by atoms with van der Waals surface area (Å²) in [4.78, 5) is 30.6. The minimum Gasteiger partial charge on any atom is -0.477 e. The number of pyridine rings is 2. The molecule has 2 aliphatic rings. The Morgan fingerprint density at radius 1 is 1.22 bits per heavy atom. The highest BCUT2D eigenvalue weighted by Crippen LogP contribution is 2.39. The van der Waals surface area contributed by atoms with Crippen LogP contribution in [-0.2, 0) is 0 Å². The lowest BCUT2D eigenvalue weighted by atomic mass is 9.89. The van der Waals surface area contributed by atoms with Gasteiger partial charge in [0.1, 0.15) is 11.2 Å². The van der Waals surface area contributed by atoms with Crippen LogP contribution in [0.2, 0.25) is 0 Å².